The van der Waals surface area contributed by atoms with Crippen molar-refractivity contribution in [2.24, 2.45) is 5.92 Å². The van der Waals surface area contributed by atoms with E-state index in [1.54, 1.807) is 30.0 Å². The fourth-order valence-electron chi connectivity index (χ4n) is 3.41. The summed E-state index contributed by atoms with van der Waals surface area (Å²) < 4.78 is 29.0. The van der Waals surface area contributed by atoms with Crippen LogP contribution in [0.3, 0.4) is 0 Å². The van der Waals surface area contributed by atoms with Gasteiger partial charge in [-0.1, -0.05) is 5.16 Å². The third-order valence-electron chi connectivity index (χ3n) is 5.10. The molecule has 3 aromatic rings. The number of anilines is 1. The second kappa shape index (κ2) is 9.03. The molecule has 4 rings (SSSR count). The van der Waals surface area contributed by atoms with Crippen LogP contribution in [0.25, 0.3) is 0 Å². The molecule has 0 unspecified atom stereocenters. The highest BCUT2D eigenvalue weighted by atomic mass is 19.1. The fraction of sp³-hybridized carbons (Fsp3) is 0.318. The molecule has 0 saturated carbocycles. The van der Waals surface area contributed by atoms with Gasteiger partial charge in [-0.3, -0.25) is 9.59 Å². The molecule has 2 amide bonds. The number of nitrogens with zero attached hydrogens (tertiary/aromatic N) is 2. The lowest BCUT2D eigenvalue weighted by atomic mass is 9.95. The van der Waals surface area contributed by atoms with Gasteiger partial charge >= 0.3 is 0 Å². The maximum atomic E-state index is 12.9. The minimum absolute atomic E-state index is 0.126. The molecule has 9 heteroatoms. The first kappa shape index (κ1) is 20.6. The van der Waals surface area contributed by atoms with Gasteiger partial charge in [-0.15, -0.1) is 0 Å². The average Bonchev–Trinajstić information content (AvgIpc) is 3.42. The Morgan fingerprint density at radius 3 is 2.61 bits per heavy atom. The predicted molar refractivity (Wildman–Crippen MR) is 108 cm³/mol. The molecule has 162 valence electrons. The maximum Gasteiger partial charge on any atom is 0.289 e. The van der Waals surface area contributed by atoms with Gasteiger partial charge in [0.25, 0.3) is 5.91 Å². The number of carbonyl (C=O) groups is 2. The van der Waals surface area contributed by atoms with Gasteiger partial charge in [0.2, 0.25) is 5.91 Å². The average molecular weight is 427 g/mol. The van der Waals surface area contributed by atoms with E-state index in [-0.39, 0.29) is 35.9 Å². The smallest absolute Gasteiger partial charge is 0.289 e. The van der Waals surface area contributed by atoms with Crippen LogP contribution in [0.2, 0.25) is 0 Å². The number of rotatable bonds is 6. The number of aryl methyl sites for hydroxylation is 1. The van der Waals surface area contributed by atoms with Crippen molar-refractivity contribution in [2.45, 2.75) is 26.4 Å². The van der Waals surface area contributed by atoms with Crippen molar-refractivity contribution in [3.05, 3.63) is 65.6 Å². The fourth-order valence-corrected chi connectivity index (χ4v) is 3.41. The number of furan rings is 1. The van der Waals surface area contributed by atoms with E-state index in [0.717, 1.165) is 0 Å². The maximum absolute atomic E-state index is 12.9. The van der Waals surface area contributed by atoms with E-state index in [9.17, 15) is 14.0 Å². The Kier molecular flexibility index (Phi) is 6.01. The summed E-state index contributed by atoms with van der Waals surface area (Å²) in [6, 6.07) is 10.6. The molecule has 31 heavy (non-hydrogen) atoms. The third-order valence-corrected chi connectivity index (χ3v) is 5.10. The van der Waals surface area contributed by atoms with Crippen LogP contribution in [-0.4, -0.2) is 35.0 Å². The topological polar surface area (TPSA) is 97.8 Å². The van der Waals surface area contributed by atoms with Crippen LogP contribution in [0, 0.1) is 18.7 Å². The van der Waals surface area contributed by atoms with Crippen molar-refractivity contribution in [3.8, 4) is 5.75 Å². The van der Waals surface area contributed by atoms with Crippen molar-refractivity contribution in [3.63, 3.8) is 0 Å². The number of nitrogens with one attached hydrogen (secondary N) is 1. The summed E-state index contributed by atoms with van der Waals surface area (Å²) >= 11 is 0. The van der Waals surface area contributed by atoms with E-state index >= 15 is 0 Å². The number of halogens is 1. The summed E-state index contributed by atoms with van der Waals surface area (Å²) in [5.41, 5.74) is 0. The van der Waals surface area contributed by atoms with Crippen LogP contribution < -0.4 is 10.1 Å². The minimum atomic E-state index is -0.340. The zero-order chi connectivity index (χ0) is 21.8. The third kappa shape index (κ3) is 5.11. The number of aromatic nitrogens is 1. The number of likely N-dealkylation sites (tertiary alicyclic amines) is 1. The van der Waals surface area contributed by atoms with E-state index < -0.39 is 0 Å². The highest BCUT2D eigenvalue weighted by Gasteiger charge is 2.29. The lowest BCUT2D eigenvalue weighted by molar-refractivity contribution is -0.121. The molecule has 0 spiro atoms. The lowest BCUT2D eigenvalue weighted by Gasteiger charge is -2.30. The molecular weight excluding hydrogens is 405 g/mol. The number of benzene rings is 1. The standard InChI is InChI=1S/C22H22FN3O5/c1-14-12-20(25-31-14)24-21(27)15-8-10-26(11-9-15)22(28)19-7-6-18(30-19)13-29-17-4-2-16(23)3-5-17/h2-7,12,15H,8-11,13H2,1H3,(H,24,25,27). The first-order chi connectivity index (χ1) is 15.0. The van der Waals surface area contributed by atoms with Crippen molar-refractivity contribution >= 4 is 17.6 Å². The van der Waals surface area contributed by atoms with Crippen LogP contribution in [0.5, 0.6) is 5.75 Å². The van der Waals surface area contributed by atoms with Gasteiger partial charge in [-0.05, 0) is 56.2 Å². The molecule has 1 N–H and O–H groups in total. The molecule has 1 aliphatic heterocycles. The van der Waals surface area contributed by atoms with Crippen LogP contribution >= 0.6 is 0 Å². The van der Waals surface area contributed by atoms with Gasteiger partial charge in [0.1, 0.15) is 29.7 Å². The van der Waals surface area contributed by atoms with Gasteiger partial charge in [-0.2, -0.15) is 0 Å². The van der Waals surface area contributed by atoms with E-state index in [1.165, 1.54) is 24.3 Å². The normalized spacial score (nSPS) is 14.5. The highest BCUT2D eigenvalue weighted by Crippen LogP contribution is 2.22. The van der Waals surface area contributed by atoms with Gasteiger partial charge in [0.05, 0.1) is 0 Å². The molecule has 2 aromatic heterocycles. The number of ether oxygens (including phenoxy) is 1. The Hall–Kier alpha value is -3.62. The van der Waals surface area contributed by atoms with Crippen molar-refractivity contribution in [1.82, 2.24) is 10.1 Å². The minimum Gasteiger partial charge on any atom is -0.486 e. The van der Waals surface area contributed by atoms with Gasteiger partial charge in [-0.25, -0.2) is 4.39 Å². The molecular formula is C22H22FN3O5. The molecule has 8 nitrogen and oxygen atoms in total. The van der Waals surface area contributed by atoms with E-state index in [2.05, 4.69) is 10.5 Å². The van der Waals surface area contributed by atoms with Crippen molar-refractivity contribution < 1.29 is 27.7 Å². The quantitative estimate of drug-likeness (QED) is 0.643. The van der Waals surface area contributed by atoms with Gasteiger partial charge in [0, 0.05) is 25.1 Å². The zero-order valence-corrected chi connectivity index (χ0v) is 17.0. The van der Waals surface area contributed by atoms with E-state index in [0.29, 0.717) is 49.0 Å². The number of amides is 2. The molecule has 1 fully saturated rings. The molecule has 1 aliphatic rings. The SMILES string of the molecule is Cc1cc(NC(=O)C2CCN(C(=O)c3ccc(COc4ccc(F)cc4)o3)CC2)no1. The summed E-state index contributed by atoms with van der Waals surface area (Å²) in [6.07, 6.45) is 1.10. The van der Waals surface area contributed by atoms with Crippen LogP contribution in [0.1, 0.15) is 34.9 Å². The molecule has 1 aromatic carbocycles. The van der Waals surface area contributed by atoms with Crippen molar-refractivity contribution in [2.75, 3.05) is 18.4 Å². The Bertz CT molecular complexity index is 1050. The van der Waals surface area contributed by atoms with Crippen LogP contribution in [-0.2, 0) is 11.4 Å². The summed E-state index contributed by atoms with van der Waals surface area (Å²) in [7, 11) is 0. The lowest BCUT2D eigenvalue weighted by Crippen LogP contribution is -2.41. The summed E-state index contributed by atoms with van der Waals surface area (Å²) in [4.78, 5) is 26.8. The summed E-state index contributed by atoms with van der Waals surface area (Å²) in [5, 5.41) is 6.50. The Morgan fingerprint density at radius 2 is 1.94 bits per heavy atom. The first-order valence-corrected chi connectivity index (χ1v) is 9.98. The van der Waals surface area contributed by atoms with Crippen LogP contribution in [0.15, 0.2) is 51.4 Å². The van der Waals surface area contributed by atoms with E-state index in [4.69, 9.17) is 13.7 Å². The van der Waals surface area contributed by atoms with Crippen molar-refractivity contribution in [1.29, 1.82) is 0 Å². The van der Waals surface area contributed by atoms with Gasteiger partial charge in [0.15, 0.2) is 11.6 Å². The number of hydrogen-bond donors (Lipinski definition) is 1. The molecule has 3 heterocycles. The second-order valence-corrected chi connectivity index (χ2v) is 7.39. The largest absolute Gasteiger partial charge is 0.486 e. The van der Waals surface area contributed by atoms with Crippen LogP contribution in [0.4, 0.5) is 10.2 Å². The second-order valence-electron chi connectivity index (χ2n) is 7.39. The molecule has 0 atom stereocenters. The first-order valence-electron chi connectivity index (χ1n) is 9.98. The summed E-state index contributed by atoms with van der Waals surface area (Å²) in [5.74, 6) is 1.35. The van der Waals surface area contributed by atoms with Gasteiger partial charge < -0.3 is 23.9 Å². The highest BCUT2D eigenvalue weighted by molar-refractivity contribution is 5.93. The predicted octanol–water partition coefficient (Wildman–Crippen LogP) is 3.79. The summed E-state index contributed by atoms with van der Waals surface area (Å²) in [6.45, 7) is 2.79. The Labute approximate surface area is 177 Å². The zero-order valence-electron chi connectivity index (χ0n) is 17.0. The molecule has 0 bridgehead atoms. The molecule has 0 aliphatic carbocycles. The monoisotopic (exact) mass is 427 g/mol. The molecule has 0 radical (unpaired) electrons. The molecule has 1 saturated heterocycles. The van der Waals surface area contributed by atoms with E-state index in [1.807, 2.05) is 0 Å². The number of carbonyl (C=O) groups excluding carboxylic acids is 2. The Morgan fingerprint density at radius 1 is 1.19 bits per heavy atom. The number of hydrogen-bond acceptors (Lipinski definition) is 6. The Balaban J connectivity index is 1.26. The number of piperidine rings is 1.